The highest BCUT2D eigenvalue weighted by molar-refractivity contribution is 14.0. The molecule has 0 amide bonds. The Balaban J connectivity index is 0.00000256. The van der Waals surface area contributed by atoms with Gasteiger partial charge in [-0.25, -0.2) is 9.67 Å². The van der Waals surface area contributed by atoms with Gasteiger partial charge in [0.25, 0.3) is 0 Å². The Kier molecular flexibility index (Phi) is 7.12. The lowest BCUT2D eigenvalue weighted by molar-refractivity contribution is 0.645. The highest BCUT2D eigenvalue weighted by atomic mass is 127. The number of halogens is 1. The second-order valence-electron chi connectivity index (χ2n) is 7.79. The number of hydrogen-bond donors (Lipinski definition) is 2. The molecule has 6 nitrogen and oxygen atoms in total. The molecule has 0 aliphatic heterocycles. The summed E-state index contributed by atoms with van der Waals surface area (Å²) < 4.78 is 1.87. The first kappa shape index (κ1) is 22.3. The van der Waals surface area contributed by atoms with Gasteiger partial charge in [0.15, 0.2) is 11.8 Å². The predicted molar refractivity (Wildman–Crippen MR) is 132 cm³/mol. The molecule has 3 aromatic rings. The molecule has 4 rings (SSSR count). The normalized spacial score (nSPS) is 14.7. The molecule has 0 radical (unpaired) electrons. The largest absolute Gasteiger partial charge is 0.356 e. The van der Waals surface area contributed by atoms with Crippen LogP contribution in [-0.4, -0.2) is 34.3 Å². The zero-order chi connectivity index (χ0) is 20.3. The lowest BCUT2D eigenvalue weighted by atomic mass is 9.96. The fourth-order valence-electron chi connectivity index (χ4n) is 3.68. The summed E-state index contributed by atoms with van der Waals surface area (Å²) in [6.45, 7) is 5.59. The molecule has 1 aromatic carbocycles. The monoisotopic (exact) mass is 516 g/mol. The van der Waals surface area contributed by atoms with Gasteiger partial charge < -0.3 is 10.6 Å². The fraction of sp³-hybridized carbons (Fsp3) is 0.348. The molecule has 0 bridgehead atoms. The third-order valence-electron chi connectivity index (χ3n) is 5.55. The second kappa shape index (κ2) is 9.59. The van der Waals surface area contributed by atoms with Crippen molar-refractivity contribution in [1.82, 2.24) is 25.4 Å². The number of nitrogens with one attached hydrogen (secondary N) is 2. The van der Waals surface area contributed by atoms with Gasteiger partial charge in [-0.3, -0.25) is 4.99 Å². The number of nitrogens with zero attached hydrogens (tertiary/aromatic N) is 4. The zero-order valence-corrected chi connectivity index (χ0v) is 20.1. The van der Waals surface area contributed by atoms with Gasteiger partial charge >= 0.3 is 0 Å². The molecule has 1 fully saturated rings. The van der Waals surface area contributed by atoms with Crippen molar-refractivity contribution >= 4 is 29.9 Å². The molecule has 0 spiro atoms. The van der Waals surface area contributed by atoms with Crippen molar-refractivity contribution < 1.29 is 0 Å². The third-order valence-corrected chi connectivity index (χ3v) is 5.55. The average Bonchev–Trinajstić information content (AvgIpc) is 3.47. The van der Waals surface area contributed by atoms with E-state index in [2.05, 4.69) is 68.2 Å². The van der Waals surface area contributed by atoms with Crippen LogP contribution in [0.4, 0.5) is 0 Å². The van der Waals surface area contributed by atoms with Gasteiger partial charge in [-0.15, -0.1) is 24.0 Å². The van der Waals surface area contributed by atoms with Crippen molar-refractivity contribution in [3.63, 3.8) is 0 Å². The van der Waals surface area contributed by atoms with E-state index in [0.29, 0.717) is 6.54 Å². The summed E-state index contributed by atoms with van der Waals surface area (Å²) in [7, 11) is 1.81. The number of pyridine rings is 1. The summed E-state index contributed by atoms with van der Waals surface area (Å²) in [6, 6.07) is 16.9. The summed E-state index contributed by atoms with van der Waals surface area (Å²) in [5, 5.41) is 11.4. The van der Waals surface area contributed by atoms with E-state index in [1.165, 1.54) is 18.4 Å². The highest BCUT2D eigenvalue weighted by Gasteiger charge is 2.43. The number of hydrogen-bond acceptors (Lipinski definition) is 3. The standard InChI is InChI=1S/C23H28N6.HI/c1-17-13-18(2)29(28-17)21-10-9-19(14-25-21)15-26-22(24-3)27-16-23(11-12-23)20-7-5-4-6-8-20;/h4-10,13-14H,11-12,15-16H2,1-3H3,(H2,24,26,27);1H. The number of aromatic nitrogens is 3. The van der Waals surface area contributed by atoms with E-state index in [-0.39, 0.29) is 29.4 Å². The molecule has 0 atom stereocenters. The van der Waals surface area contributed by atoms with Gasteiger partial charge in [-0.05, 0) is 49.9 Å². The molecule has 1 saturated carbocycles. The Morgan fingerprint density at radius 2 is 1.87 bits per heavy atom. The van der Waals surface area contributed by atoms with Crippen LogP contribution in [-0.2, 0) is 12.0 Å². The summed E-state index contributed by atoms with van der Waals surface area (Å²) in [6.07, 6.45) is 4.33. The van der Waals surface area contributed by atoms with Crippen molar-refractivity contribution in [2.75, 3.05) is 13.6 Å². The minimum absolute atomic E-state index is 0. The number of guanidine groups is 1. The minimum Gasteiger partial charge on any atom is -0.356 e. The lowest BCUT2D eigenvalue weighted by Gasteiger charge is -2.19. The Labute approximate surface area is 195 Å². The number of aliphatic imine (C=N–C) groups is 1. The Bertz CT molecular complexity index is 990. The molecule has 158 valence electrons. The van der Waals surface area contributed by atoms with E-state index in [9.17, 15) is 0 Å². The van der Waals surface area contributed by atoms with Gasteiger partial charge in [-0.2, -0.15) is 5.10 Å². The van der Waals surface area contributed by atoms with Crippen LogP contribution in [0, 0.1) is 13.8 Å². The Hall–Kier alpha value is -2.42. The fourth-order valence-corrected chi connectivity index (χ4v) is 3.68. The van der Waals surface area contributed by atoms with Crippen molar-refractivity contribution in [2.24, 2.45) is 4.99 Å². The van der Waals surface area contributed by atoms with Crippen LogP contribution in [0.3, 0.4) is 0 Å². The van der Waals surface area contributed by atoms with E-state index in [0.717, 1.165) is 35.3 Å². The molecule has 0 unspecified atom stereocenters. The van der Waals surface area contributed by atoms with Gasteiger partial charge in [0, 0.05) is 37.4 Å². The maximum Gasteiger partial charge on any atom is 0.191 e. The SMILES string of the molecule is CN=C(NCc1ccc(-n2nc(C)cc2C)nc1)NCC1(c2ccccc2)CC1.I. The van der Waals surface area contributed by atoms with Crippen molar-refractivity contribution in [2.45, 2.75) is 38.6 Å². The van der Waals surface area contributed by atoms with Crippen LogP contribution >= 0.6 is 24.0 Å². The van der Waals surface area contributed by atoms with Crippen LogP contribution in [0.1, 0.15) is 35.4 Å². The smallest absolute Gasteiger partial charge is 0.191 e. The first-order chi connectivity index (χ1) is 14.1. The summed E-state index contributed by atoms with van der Waals surface area (Å²) >= 11 is 0. The molecular weight excluding hydrogens is 487 g/mol. The zero-order valence-electron chi connectivity index (χ0n) is 17.7. The van der Waals surface area contributed by atoms with Crippen LogP contribution < -0.4 is 10.6 Å². The van der Waals surface area contributed by atoms with E-state index >= 15 is 0 Å². The van der Waals surface area contributed by atoms with Gasteiger partial charge in [0.05, 0.1) is 5.69 Å². The number of benzene rings is 1. The molecule has 2 N–H and O–H groups in total. The van der Waals surface area contributed by atoms with E-state index in [1.807, 2.05) is 37.8 Å². The third kappa shape index (κ3) is 5.00. The predicted octanol–water partition coefficient (Wildman–Crippen LogP) is 3.90. The van der Waals surface area contributed by atoms with Crippen LogP contribution in [0.2, 0.25) is 0 Å². The van der Waals surface area contributed by atoms with E-state index in [1.54, 1.807) is 0 Å². The maximum absolute atomic E-state index is 4.56. The topological polar surface area (TPSA) is 67.1 Å². The molecule has 30 heavy (non-hydrogen) atoms. The summed E-state index contributed by atoms with van der Waals surface area (Å²) in [5.41, 5.74) is 4.84. The second-order valence-corrected chi connectivity index (χ2v) is 7.79. The lowest BCUT2D eigenvalue weighted by Crippen LogP contribution is -2.40. The molecule has 1 aliphatic rings. The molecule has 0 saturated heterocycles. The number of aryl methyl sites for hydroxylation is 2. The van der Waals surface area contributed by atoms with E-state index < -0.39 is 0 Å². The molecule has 2 heterocycles. The average molecular weight is 516 g/mol. The quantitative estimate of drug-likeness (QED) is 0.297. The van der Waals surface area contributed by atoms with Crippen LogP contribution in [0.25, 0.3) is 5.82 Å². The van der Waals surface area contributed by atoms with Crippen molar-refractivity contribution in [3.8, 4) is 5.82 Å². The highest BCUT2D eigenvalue weighted by Crippen LogP contribution is 2.47. The number of rotatable bonds is 6. The molecular formula is C23H29IN6. The molecule has 2 aromatic heterocycles. The van der Waals surface area contributed by atoms with Gasteiger partial charge in [-0.1, -0.05) is 36.4 Å². The van der Waals surface area contributed by atoms with Crippen molar-refractivity contribution in [1.29, 1.82) is 0 Å². The summed E-state index contributed by atoms with van der Waals surface area (Å²) in [4.78, 5) is 8.93. The molecule has 1 aliphatic carbocycles. The summed E-state index contributed by atoms with van der Waals surface area (Å²) in [5.74, 6) is 1.65. The maximum atomic E-state index is 4.56. The Morgan fingerprint density at radius 1 is 1.10 bits per heavy atom. The first-order valence-corrected chi connectivity index (χ1v) is 10.1. The van der Waals surface area contributed by atoms with Gasteiger partial charge in [0.1, 0.15) is 0 Å². The van der Waals surface area contributed by atoms with Crippen molar-refractivity contribution in [3.05, 3.63) is 77.2 Å². The van der Waals surface area contributed by atoms with Crippen LogP contribution in [0.15, 0.2) is 59.7 Å². The van der Waals surface area contributed by atoms with Gasteiger partial charge in [0.2, 0.25) is 0 Å². The minimum atomic E-state index is 0. The first-order valence-electron chi connectivity index (χ1n) is 10.1. The van der Waals surface area contributed by atoms with Crippen LogP contribution in [0.5, 0.6) is 0 Å². The molecule has 7 heteroatoms. The Morgan fingerprint density at radius 3 is 2.43 bits per heavy atom. The van der Waals surface area contributed by atoms with E-state index in [4.69, 9.17) is 0 Å².